The Morgan fingerprint density at radius 2 is 0.796 bits per heavy atom. The maximum absolute atomic E-state index is 6.72. The van der Waals surface area contributed by atoms with Crippen LogP contribution in [0, 0.1) is 0 Å². The normalized spacial score (nSPS) is 13.7. The van der Waals surface area contributed by atoms with E-state index < -0.39 is 8.07 Å². The van der Waals surface area contributed by atoms with E-state index in [1.54, 1.807) is 0 Å². The van der Waals surface area contributed by atoms with Crippen LogP contribution in [-0.2, 0) is 0 Å². The minimum Gasteiger partial charge on any atom is -0.455 e. The first kappa shape index (κ1) is 27.1. The average molecular weight is 643 g/mol. The van der Waals surface area contributed by atoms with Crippen LogP contribution in [0.4, 0.5) is 0 Å². The number of rotatable bonds is 2. The van der Waals surface area contributed by atoms with Crippen LogP contribution >= 0.6 is 0 Å². The Labute approximate surface area is 283 Å². The number of fused-ring (bicyclic) bond motifs is 11. The third kappa shape index (κ3) is 3.55. The van der Waals surface area contributed by atoms with Crippen LogP contribution in [0.2, 0.25) is 13.1 Å². The van der Waals surface area contributed by atoms with Crippen LogP contribution in [-0.4, -0.2) is 8.07 Å². The molecule has 49 heavy (non-hydrogen) atoms. The average Bonchev–Trinajstić information content (AvgIpc) is 3.78. The second-order valence-electron chi connectivity index (χ2n) is 14.0. The summed E-state index contributed by atoms with van der Waals surface area (Å²) < 4.78 is 13.4. The monoisotopic (exact) mass is 642 g/mol. The number of para-hydroxylation sites is 4. The van der Waals surface area contributed by atoms with Gasteiger partial charge in [0.15, 0.2) is 0 Å². The lowest BCUT2D eigenvalue weighted by molar-refractivity contribution is 0.669. The maximum Gasteiger partial charge on any atom is 0.143 e. The van der Waals surface area contributed by atoms with Crippen LogP contribution in [0.25, 0.3) is 98.8 Å². The molecular formula is C46H30O2Si. The van der Waals surface area contributed by atoms with Crippen molar-refractivity contribution in [1.29, 1.82) is 0 Å². The second-order valence-corrected chi connectivity index (χ2v) is 18.3. The zero-order valence-electron chi connectivity index (χ0n) is 27.2. The van der Waals surface area contributed by atoms with E-state index in [-0.39, 0.29) is 0 Å². The highest BCUT2D eigenvalue weighted by Gasteiger charge is 2.38. The van der Waals surface area contributed by atoms with E-state index in [2.05, 4.69) is 159 Å². The van der Waals surface area contributed by atoms with Gasteiger partial charge in [0, 0.05) is 43.8 Å². The Bertz CT molecular complexity index is 3030. The van der Waals surface area contributed by atoms with Gasteiger partial charge in [-0.2, -0.15) is 0 Å². The summed E-state index contributed by atoms with van der Waals surface area (Å²) >= 11 is 0. The van der Waals surface area contributed by atoms with E-state index in [4.69, 9.17) is 8.83 Å². The lowest BCUT2D eigenvalue weighted by Crippen LogP contribution is -2.49. The molecule has 11 rings (SSSR count). The van der Waals surface area contributed by atoms with Gasteiger partial charge in [0.1, 0.15) is 30.4 Å². The van der Waals surface area contributed by atoms with E-state index in [1.807, 2.05) is 0 Å². The van der Waals surface area contributed by atoms with Gasteiger partial charge in [-0.05, 0) is 61.2 Å². The summed E-state index contributed by atoms with van der Waals surface area (Å²) in [4.78, 5) is 0. The zero-order valence-corrected chi connectivity index (χ0v) is 28.2. The molecule has 2 nitrogen and oxygen atoms in total. The minimum atomic E-state index is -1.97. The van der Waals surface area contributed by atoms with Gasteiger partial charge in [-0.3, -0.25) is 0 Å². The quantitative estimate of drug-likeness (QED) is 0.139. The van der Waals surface area contributed by atoms with Crippen LogP contribution in [0.3, 0.4) is 0 Å². The molecule has 3 heterocycles. The molecule has 0 aliphatic carbocycles. The molecule has 0 fully saturated rings. The van der Waals surface area contributed by atoms with Crippen molar-refractivity contribution >= 4 is 83.9 Å². The number of benzene rings is 8. The molecule has 0 radical (unpaired) electrons. The van der Waals surface area contributed by atoms with Gasteiger partial charge in [0.2, 0.25) is 0 Å². The summed E-state index contributed by atoms with van der Waals surface area (Å²) in [6, 6.07) is 53.0. The largest absolute Gasteiger partial charge is 0.455 e. The Hall–Kier alpha value is -5.90. The Morgan fingerprint density at radius 1 is 0.347 bits per heavy atom. The van der Waals surface area contributed by atoms with Crippen LogP contribution in [0.5, 0.6) is 0 Å². The van der Waals surface area contributed by atoms with Crippen molar-refractivity contribution in [1.82, 2.24) is 0 Å². The van der Waals surface area contributed by atoms with Crippen molar-refractivity contribution in [2.24, 2.45) is 0 Å². The summed E-state index contributed by atoms with van der Waals surface area (Å²) in [5, 5.41) is 12.5. The first-order valence-corrected chi connectivity index (χ1v) is 20.0. The third-order valence-electron chi connectivity index (χ3n) is 11.1. The van der Waals surface area contributed by atoms with Crippen LogP contribution in [0.1, 0.15) is 0 Å². The van der Waals surface area contributed by atoms with Gasteiger partial charge in [-0.25, -0.2) is 0 Å². The highest BCUT2D eigenvalue weighted by atomic mass is 28.3. The molecule has 0 saturated carbocycles. The highest BCUT2D eigenvalue weighted by molar-refractivity contribution is 7.04. The Morgan fingerprint density at radius 3 is 1.39 bits per heavy atom. The number of hydrogen-bond donors (Lipinski definition) is 0. The lowest BCUT2D eigenvalue weighted by atomic mass is 9.84. The van der Waals surface area contributed by atoms with E-state index in [0.717, 1.165) is 55.0 Å². The van der Waals surface area contributed by atoms with Crippen molar-refractivity contribution in [2.75, 3.05) is 0 Å². The van der Waals surface area contributed by atoms with Crippen molar-refractivity contribution in [3.8, 4) is 33.4 Å². The molecule has 1 aliphatic heterocycles. The smallest absolute Gasteiger partial charge is 0.143 e. The molecule has 0 spiro atoms. The lowest BCUT2D eigenvalue weighted by Gasteiger charge is -2.22. The predicted octanol–water partition coefficient (Wildman–Crippen LogP) is 11.9. The van der Waals surface area contributed by atoms with Gasteiger partial charge in [-0.15, -0.1) is 0 Å². The first-order valence-electron chi connectivity index (χ1n) is 17.0. The molecule has 0 amide bonds. The SMILES string of the molecule is C[Si]1(C)c2ccccc2-c2cc3c(-c4cccc5c4oc4ccccc45)c4ccccc4c(-c4cccc5c4oc4ccccc45)c3cc21. The van der Waals surface area contributed by atoms with Gasteiger partial charge < -0.3 is 8.83 Å². The maximum atomic E-state index is 6.72. The summed E-state index contributed by atoms with van der Waals surface area (Å²) in [6.45, 7) is 5.00. The van der Waals surface area contributed by atoms with Crippen LogP contribution in [0.15, 0.2) is 154 Å². The van der Waals surface area contributed by atoms with E-state index in [9.17, 15) is 0 Å². The molecule has 10 aromatic rings. The third-order valence-corrected chi connectivity index (χ3v) is 14.6. The zero-order chi connectivity index (χ0) is 32.4. The molecule has 0 N–H and O–H groups in total. The molecule has 0 unspecified atom stereocenters. The Balaban J connectivity index is 1.36. The van der Waals surface area contributed by atoms with Crippen molar-refractivity contribution in [2.45, 2.75) is 13.1 Å². The molecule has 0 atom stereocenters. The Kier molecular flexibility index (Phi) is 5.30. The topological polar surface area (TPSA) is 26.3 Å². The van der Waals surface area contributed by atoms with Gasteiger partial charge in [0.05, 0.1) is 0 Å². The highest BCUT2D eigenvalue weighted by Crippen LogP contribution is 2.49. The van der Waals surface area contributed by atoms with Crippen molar-refractivity contribution in [3.63, 3.8) is 0 Å². The summed E-state index contributed by atoms with van der Waals surface area (Å²) in [5.41, 5.74) is 11.1. The molecule has 230 valence electrons. The molecule has 2 aromatic heterocycles. The number of hydrogen-bond acceptors (Lipinski definition) is 2. The number of furan rings is 2. The fourth-order valence-corrected chi connectivity index (χ4v) is 11.9. The molecule has 0 saturated heterocycles. The summed E-state index contributed by atoms with van der Waals surface area (Å²) in [5.74, 6) is 0. The van der Waals surface area contributed by atoms with Crippen molar-refractivity contribution in [3.05, 3.63) is 146 Å². The minimum absolute atomic E-state index is 0.911. The molecule has 0 bridgehead atoms. The fraction of sp³-hybridized carbons (Fsp3) is 0.0435. The molecule has 3 heteroatoms. The molecule has 1 aliphatic rings. The second kappa shape index (κ2) is 9.59. The molecule has 8 aromatic carbocycles. The first-order chi connectivity index (χ1) is 24.1. The van der Waals surface area contributed by atoms with Gasteiger partial charge >= 0.3 is 0 Å². The van der Waals surface area contributed by atoms with Gasteiger partial charge in [-0.1, -0.05) is 140 Å². The summed E-state index contributed by atoms with van der Waals surface area (Å²) in [6.07, 6.45) is 0. The van der Waals surface area contributed by atoms with Crippen molar-refractivity contribution < 1.29 is 8.83 Å². The van der Waals surface area contributed by atoms with E-state index >= 15 is 0 Å². The predicted molar refractivity (Wildman–Crippen MR) is 209 cm³/mol. The fourth-order valence-electron chi connectivity index (χ4n) is 8.84. The van der Waals surface area contributed by atoms with E-state index in [0.29, 0.717) is 0 Å². The van der Waals surface area contributed by atoms with Gasteiger partial charge in [0.25, 0.3) is 0 Å². The molecular weight excluding hydrogens is 613 g/mol. The summed E-state index contributed by atoms with van der Waals surface area (Å²) in [7, 11) is -1.97. The standard InChI is InChI=1S/C46H30O2Si/c1-49(2)41-24-10-7-15-29(41)36-25-37-38(26-42(36)49)44(35-21-12-19-33-28-14-6-9-23-40(28)48-46(33)35)31-17-4-3-16-30(31)43(37)34-20-11-18-32-27-13-5-8-22-39(27)47-45(32)34/h3-26H,1-2H3. The van der Waals surface area contributed by atoms with E-state index in [1.165, 1.54) is 54.2 Å². The van der Waals surface area contributed by atoms with Crippen LogP contribution < -0.4 is 10.4 Å².